The van der Waals surface area contributed by atoms with Gasteiger partial charge in [-0.15, -0.1) is 0 Å². The van der Waals surface area contributed by atoms with E-state index in [9.17, 15) is 4.79 Å². The summed E-state index contributed by atoms with van der Waals surface area (Å²) in [5.41, 5.74) is 1.86. The number of rotatable bonds is 3. The first-order valence-electron chi connectivity index (χ1n) is 6.47. The molecule has 0 amide bonds. The lowest BCUT2D eigenvalue weighted by molar-refractivity contribution is 1.05. The largest absolute Gasteiger partial charge is 0.331 e. The molecule has 1 heterocycles. The van der Waals surface area contributed by atoms with Crippen LogP contribution in [0.25, 0.3) is 10.6 Å². The number of nitrogens with zero attached hydrogens (tertiary/aromatic N) is 3. The Morgan fingerprint density at radius 3 is 2.19 bits per heavy atom. The lowest BCUT2D eigenvalue weighted by atomic mass is 10.2. The van der Waals surface area contributed by atoms with Gasteiger partial charge in [0.25, 0.3) is 0 Å². The molecule has 1 aromatic heterocycles. The molecule has 0 radical (unpaired) electrons. The van der Waals surface area contributed by atoms with Crippen molar-refractivity contribution in [2.24, 2.45) is 0 Å². The van der Waals surface area contributed by atoms with Gasteiger partial charge < -0.3 is 4.90 Å². The Kier molecular flexibility index (Phi) is 3.75. The minimum atomic E-state index is -0.248. The van der Waals surface area contributed by atoms with Gasteiger partial charge in [-0.3, -0.25) is 4.79 Å². The molecule has 3 rings (SSSR count). The first kappa shape index (κ1) is 13.5. The molecule has 0 aliphatic heterocycles. The van der Waals surface area contributed by atoms with E-state index in [1.165, 1.54) is 0 Å². The minimum absolute atomic E-state index is 0.248. The Morgan fingerprint density at radius 1 is 0.905 bits per heavy atom. The minimum Gasteiger partial charge on any atom is -0.313 e. The van der Waals surface area contributed by atoms with Gasteiger partial charge in [0.1, 0.15) is 5.01 Å². The van der Waals surface area contributed by atoms with Crippen molar-refractivity contribution in [1.82, 2.24) is 9.97 Å². The second kappa shape index (κ2) is 5.85. The Bertz CT molecular complexity index is 787. The van der Waals surface area contributed by atoms with E-state index in [1.54, 1.807) is 4.90 Å². The van der Waals surface area contributed by atoms with Crippen molar-refractivity contribution in [3.05, 3.63) is 70.3 Å². The van der Waals surface area contributed by atoms with Gasteiger partial charge in [-0.05, 0) is 12.1 Å². The van der Waals surface area contributed by atoms with Crippen LogP contribution in [0.1, 0.15) is 0 Å². The van der Waals surface area contributed by atoms with E-state index in [1.807, 2.05) is 67.7 Å². The van der Waals surface area contributed by atoms with Crippen molar-refractivity contribution >= 4 is 23.0 Å². The number of hydrogen-bond donors (Lipinski definition) is 0. The van der Waals surface area contributed by atoms with Gasteiger partial charge in [-0.1, -0.05) is 59.9 Å². The zero-order chi connectivity index (χ0) is 14.7. The summed E-state index contributed by atoms with van der Waals surface area (Å²) in [6.07, 6.45) is 0. The van der Waals surface area contributed by atoms with Crippen molar-refractivity contribution in [2.45, 2.75) is 0 Å². The van der Waals surface area contributed by atoms with Gasteiger partial charge in [-0.2, -0.15) is 4.98 Å². The Hall–Kier alpha value is -2.53. The fraction of sp³-hybridized carbons (Fsp3) is 0.0625. The van der Waals surface area contributed by atoms with Crippen molar-refractivity contribution in [2.75, 3.05) is 11.9 Å². The van der Waals surface area contributed by atoms with Crippen molar-refractivity contribution < 1.29 is 0 Å². The third-order valence-electron chi connectivity index (χ3n) is 3.04. The van der Waals surface area contributed by atoms with Crippen LogP contribution in [0.15, 0.2) is 65.5 Å². The highest BCUT2D eigenvalue weighted by Crippen LogP contribution is 2.23. The highest BCUT2D eigenvalue weighted by molar-refractivity contribution is 7.12. The molecule has 0 saturated heterocycles. The van der Waals surface area contributed by atoms with Crippen LogP contribution in [0, 0.1) is 0 Å². The van der Waals surface area contributed by atoms with E-state index in [-0.39, 0.29) is 4.87 Å². The summed E-state index contributed by atoms with van der Waals surface area (Å²) in [7, 11) is 1.85. The van der Waals surface area contributed by atoms with Gasteiger partial charge in [0.15, 0.2) is 0 Å². The van der Waals surface area contributed by atoms with Gasteiger partial charge in [0.05, 0.1) is 0 Å². The molecule has 104 valence electrons. The van der Waals surface area contributed by atoms with Crippen LogP contribution < -0.4 is 9.77 Å². The molecule has 0 saturated carbocycles. The van der Waals surface area contributed by atoms with Gasteiger partial charge in [-0.25, -0.2) is 4.98 Å². The summed E-state index contributed by atoms with van der Waals surface area (Å²) in [5.74, 6) is 0.406. The maximum absolute atomic E-state index is 11.9. The van der Waals surface area contributed by atoms with E-state index in [0.717, 1.165) is 22.6 Å². The maximum atomic E-state index is 11.9. The van der Waals surface area contributed by atoms with E-state index in [4.69, 9.17) is 0 Å². The molecule has 0 unspecified atom stereocenters. The third-order valence-corrected chi connectivity index (χ3v) is 3.83. The highest BCUT2D eigenvalue weighted by atomic mass is 32.1. The second-order valence-electron chi connectivity index (χ2n) is 4.46. The zero-order valence-corrected chi connectivity index (χ0v) is 12.2. The second-order valence-corrected chi connectivity index (χ2v) is 5.40. The average molecular weight is 295 g/mol. The van der Waals surface area contributed by atoms with Crippen molar-refractivity contribution in [1.29, 1.82) is 0 Å². The summed E-state index contributed by atoms with van der Waals surface area (Å²) in [6.45, 7) is 0. The number of aromatic nitrogens is 2. The van der Waals surface area contributed by atoms with E-state index >= 15 is 0 Å². The summed E-state index contributed by atoms with van der Waals surface area (Å²) < 4.78 is 0. The van der Waals surface area contributed by atoms with Gasteiger partial charge >= 0.3 is 4.87 Å². The van der Waals surface area contributed by atoms with Crippen LogP contribution in [-0.4, -0.2) is 17.0 Å². The average Bonchev–Trinajstić information content (AvgIpc) is 2.55. The van der Waals surface area contributed by atoms with Crippen LogP contribution in [0.3, 0.4) is 0 Å². The van der Waals surface area contributed by atoms with E-state index < -0.39 is 0 Å². The fourth-order valence-electron chi connectivity index (χ4n) is 1.95. The summed E-state index contributed by atoms with van der Waals surface area (Å²) in [5, 5.41) is 0.674. The molecule has 0 bridgehead atoms. The van der Waals surface area contributed by atoms with E-state index in [0.29, 0.717) is 11.0 Å². The van der Waals surface area contributed by atoms with Crippen LogP contribution in [0.4, 0.5) is 11.6 Å². The molecule has 0 aliphatic rings. The third kappa shape index (κ3) is 2.98. The number of para-hydroxylation sites is 1. The first-order chi connectivity index (χ1) is 10.2. The molecule has 0 N–H and O–H groups in total. The van der Waals surface area contributed by atoms with Gasteiger partial charge in [0, 0.05) is 18.3 Å². The van der Waals surface area contributed by atoms with Crippen LogP contribution >= 0.6 is 11.3 Å². The Balaban J connectivity index is 2.05. The quantitative estimate of drug-likeness (QED) is 0.743. The number of anilines is 2. The molecular weight excluding hydrogens is 282 g/mol. The molecule has 5 heteroatoms. The number of benzene rings is 2. The first-order valence-corrected chi connectivity index (χ1v) is 7.29. The normalized spacial score (nSPS) is 10.3. The standard InChI is InChI=1S/C16H13N3OS/c1-19(13-10-6-3-7-11-13)15-17-14(21-16(20)18-15)12-8-4-2-5-9-12/h2-11H,1H3. The molecule has 0 aliphatic carbocycles. The molecule has 2 aromatic carbocycles. The zero-order valence-electron chi connectivity index (χ0n) is 11.4. The van der Waals surface area contributed by atoms with Crippen LogP contribution in [-0.2, 0) is 0 Å². The molecule has 0 fully saturated rings. The molecule has 3 aromatic rings. The lowest BCUT2D eigenvalue weighted by Gasteiger charge is -2.16. The maximum Gasteiger partial charge on any atom is 0.331 e. The molecule has 0 spiro atoms. The Morgan fingerprint density at radius 2 is 1.52 bits per heavy atom. The van der Waals surface area contributed by atoms with Crippen LogP contribution in [0.5, 0.6) is 0 Å². The monoisotopic (exact) mass is 295 g/mol. The van der Waals surface area contributed by atoms with Crippen LogP contribution in [0.2, 0.25) is 0 Å². The molecule has 21 heavy (non-hydrogen) atoms. The number of hydrogen-bond acceptors (Lipinski definition) is 5. The smallest absolute Gasteiger partial charge is 0.313 e. The molecule has 4 nitrogen and oxygen atoms in total. The van der Waals surface area contributed by atoms with E-state index in [2.05, 4.69) is 9.97 Å². The van der Waals surface area contributed by atoms with Gasteiger partial charge in [0.2, 0.25) is 5.95 Å². The fourth-order valence-corrected chi connectivity index (χ4v) is 2.62. The predicted molar refractivity (Wildman–Crippen MR) is 86.1 cm³/mol. The summed E-state index contributed by atoms with van der Waals surface area (Å²) in [4.78, 5) is 21.9. The van der Waals surface area contributed by atoms with Crippen molar-refractivity contribution in [3.8, 4) is 10.6 Å². The molecular formula is C16H13N3OS. The highest BCUT2D eigenvalue weighted by Gasteiger charge is 2.11. The summed E-state index contributed by atoms with van der Waals surface area (Å²) >= 11 is 1.05. The lowest BCUT2D eigenvalue weighted by Crippen LogP contribution is -2.17. The SMILES string of the molecule is CN(c1ccccc1)c1nc(-c2ccccc2)sc(=O)n1. The van der Waals surface area contributed by atoms with Crippen molar-refractivity contribution in [3.63, 3.8) is 0 Å². The predicted octanol–water partition coefficient (Wildman–Crippen LogP) is 3.33. The Labute approximate surface area is 126 Å². The molecule has 0 atom stereocenters. The summed E-state index contributed by atoms with van der Waals surface area (Å²) in [6, 6.07) is 19.4. The topological polar surface area (TPSA) is 46.1 Å².